The Morgan fingerprint density at radius 1 is 1.37 bits per heavy atom. The lowest BCUT2D eigenvalue weighted by Gasteiger charge is -2.34. The molecule has 1 heterocycles. The molecule has 0 spiro atoms. The van der Waals surface area contributed by atoms with Crippen molar-refractivity contribution in [2.45, 2.75) is 45.4 Å². The van der Waals surface area contributed by atoms with Gasteiger partial charge in [-0.05, 0) is 56.4 Å². The van der Waals surface area contributed by atoms with E-state index in [9.17, 15) is 4.79 Å². The lowest BCUT2D eigenvalue weighted by atomic mass is 9.82. The number of amides is 1. The van der Waals surface area contributed by atoms with Crippen LogP contribution < -0.4 is 5.32 Å². The third-order valence-corrected chi connectivity index (χ3v) is 6.11. The number of nitrogens with one attached hydrogen (secondary N) is 1. The van der Waals surface area contributed by atoms with E-state index in [2.05, 4.69) is 17.1 Å². The Morgan fingerprint density at radius 3 is 2.74 bits per heavy atom. The molecule has 1 N–H and O–H groups in total. The average Bonchev–Trinajstić information content (AvgIpc) is 3.14. The van der Waals surface area contributed by atoms with Crippen LogP contribution in [0.15, 0.2) is 0 Å². The van der Waals surface area contributed by atoms with Crippen molar-refractivity contribution in [2.24, 2.45) is 23.2 Å². The summed E-state index contributed by atoms with van der Waals surface area (Å²) in [5.74, 6) is 3.07. The quantitative estimate of drug-likeness (QED) is 0.845. The molecule has 2 bridgehead atoms. The summed E-state index contributed by atoms with van der Waals surface area (Å²) >= 11 is 0. The summed E-state index contributed by atoms with van der Waals surface area (Å²) in [5.41, 5.74) is -0.105. The van der Waals surface area contributed by atoms with Crippen molar-refractivity contribution in [3.63, 3.8) is 0 Å². The predicted octanol–water partition coefficient (Wildman–Crippen LogP) is 2.27. The number of carbonyl (C=O) groups excluding carboxylic acids is 1. The molecule has 4 unspecified atom stereocenters. The smallest absolute Gasteiger partial charge is 0.229 e. The topological polar surface area (TPSA) is 32.3 Å². The van der Waals surface area contributed by atoms with Gasteiger partial charge in [-0.1, -0.05) is 13.3 Å². The molecule has 0 aromatic heterocycles. The van der Waals surface area contributed by atoms with Gasteiger partial charge in [0.15, 0.2) is 0 Å². The molecule has 0 aromatic carbocycles. The molecule has 108 valence electrons. The van der Waals surface area contributed by atoms with Crippen molar-refractivity contribution in [3.8, 4) is 0 Å². The molecule has 1 amide bonds. The second-order valence-electron chi connectivity index (χ2n) is 7.18. The van der Waals surface area contributed by atoms with Crippen LogP contribution in [0.2, 0.25) is 0 Å². The van der Waals surface area contributed by atoms with E-state index in [1.165, 1.54) is 25.7 Å². The van der Waals surface area contributed by atoms with E-state index in [1.807, 2.05) is 7.05 Å². The van der Waals surface area contributed by atoms with E-state index in [0.29, 0.717) is 5.91 Å². The number of rotatable bonds is 4. The maximum atomic E-state index is 12.8. The van der Waals surface area contributed by atoms with Crippen LogP contribution in [0.3, 0.4) is 0 Å². The molecule has 3 nitrogen and oxygen atoms in total. The van der Waals surface area contributed by atoms with Crippen LogP contribution in [0.5, 0.6) is 0 Å². The third-order valence-electron chi connectivity index (χ3n) is 6.11. The van der Waals surface area contributed by atoms with Gasteiger partial charge in [0.2, 0.25) is 5.91 Å². The highest BCUT2D eigenvalue weighted by molar-refractivity contribution is 5.83. The zero-order chi connectivity index (χ0) is 13.5. The highest BCUT2D eigenvalue weighted by Gasteiger charge is 2.44. The van der Waals surface area contributed by atoms with E-state index in [4.69, 9.17) is 0 Å². The average molecular weight is 264 g/mol. The molecule has 1 saturated heterocycles. The first-order valence-electron chi connectivity index (χ1n) is 8.11. The fourth-order valence-corrected chi connectivity index (χ4v) is 4.82. The van der Waals surface area contributed by atoms with E-state index >= 15 is 0 Å². The first kappa shape index (κ1) is 13.4. The van der Waals surface area contributed by atoms with E-state index in [-0.39, 0.29) is 5.41 Å². The molecule has 0 radical (unpaired) electrons. The summed E-state index contributed by atoms with van der Waals surface area (Å²) < 4.78 is 0. The molecular weight excluding hydrogens is 236 g/mol. The standard InChI is InChI=1S/C16H28N2O/c1-3-16(6-7-17-11-16)15(19)18(2)10-14-9-12-4-5-13(14)8-12/h12-14,17H,3-11H2,1-2H3. The summed E-state index contributed by atoms with van der Waals surface area (Å²) in [4.78, 5) is 14.8. The molecular formula is C16H28N2O. The third kappa shape index (κ3) is 2.31. The van der Waals surface area contributed by atoms with Gasteiger partial charge < -0.3 is 10.2 Å². The number of hydrogen-bond acceptors (Lipinski definition) is 2. The van der Waals surface area contributed by atoms with E-state index in [1.54, 1.807) is 0 Å². The van der Waals surface area contributed by atoms with Crippen LogP contribution in [0.4, 0.5) is 0 Å². The van der Waals surface area contributed by atoms with E-state index < -0.39 is 0 Å². The van der Waals surface area contributed by atoms with Gasteiger partial charge in [0.1, 0.15) is 0 Å². The van der Waals surface area contributed by atoms with Gasteiger partial charge in [-0.15, -0.1) is 0 Å². The van der Waals surface area contributed by atoms with E-state index in [0.717, 1.165) is 50.2 Å². The summed E-state index contributed by atoms with van der Waals surface area (Å²) in [6.45, 7) is 5.04. The first-order valence-corrected chi connectivity index (χ1v) is 8.11. The highest BCUT2D eigenvalue weighted by Crippen LogP contribution is 2.48. The van der Waals surface area contributed by atoms with Crippen LogP contribution in [-0.4, -0.2) is 37.5 Å². The lowest BCUT2D eigenvalue weighted by Crippen LogP contribution is -2.45. The molecule has 2 saturated carbocycles. The fourth-order valence-electron chi connectivity index (χ4n) is 4.82. The zero-order valence-electron chi connectivity index (χ0n) is 12.5. The molecule has 2 aliphatic carbocycles. The minimum atomic E-state index is -0.105. The highest BCUT2D eigenvalue weighted by atomic mass is 16.2. The molecule has 1 aliphatic heterocycles. The first-order chi connectivity index (χ1) is 9.14. The molecule has 3 aliphatic rings. The minimum absolute atomic E-state index is 0.105. The van der Waals surface area contributed by atoms with Crippen molar-refractivity contribution < 1.29 is 4.79 Å². The number of carbonyl (C=O) groups is 1. The second kappa shape index (κ2) is 5.08. The maximum absolute atomic E-state index is 12.8. The van der Waals surface area contributed by atoms with Gasteiger partial charge in [0.05, 0.1) is 5.41 Å². The fraction of sp³-hybridized carbons (Fsp3) is 0.938. The summed E-state index contributed by atoms with van der Waals surface area (Å²) in [6.07, 6.45) is 7.66. The molecule has 3 rings (SSSR count). The number of nitrogens with zero attached hydrogens (tertiary/aromatic N) is 1. The summed E-state index contributed by atoms with van der Waals surface area (Å²) in [5, 5.41) is 3.37. The lowest BCUT2D eigenvalue weighted by molar-refractivity contribution is -0.140. The summed E-state index contributed by atoms with van der Waals surface area (Å²) in [6, 6.07) is 0. The Morgan fingerprint density at radius 2 is 2.21 bits per heavy atom. The van der Waals surface area contributed by atoms with Crippen LogP contribution in [-0.2, 0) is 4.79 Å². The maximum Gasteiger partial charge on any atom is 0.229 e. The molecule has 19 heavy (non-hydrogen) atoms. The van der Waals surface area contributed by atoms with Gasteiger partial charge in [0.25, 0.3) is 0 Å². The van der Waals surface area contributed by atoms with Gasteiger partial charge in [-0.25, -0.2) is 0 Å². The van der Waals surface area contributed by atoms with Crippen molar-refractivity contribution >= 4 is 5.91 Å². The van der Waals surface area contributed by atoms with Crippen molar-refractivity contribution in [1.82, 2.24) is 10.2 Å². The summed E-state index contributed by atoms with van der Waals surface area (Å²) in [7, 11) is 2.03. The number of fused-ring (bicyclic) bond motifs is 2. The van der Waals surface area contributed by atoms with Gasteiger partial charge in [-0.3, -0.25) is 4.79 Å². The Balaban J connectivity index is 1.60. The zero-order valence-corrected chi connectivity index (χ0v) is 12.5. The Labute approximate surface area is 117 Å². The molecule has 3 heteroatoms. The Kier molecular flexibility index (Phi) is 3.59. The van der Waals surface area contributed by atoms with Gasteiger partial charge in [-0.2, -0.15) is 0 Å². The predicted molar refractivity (Wildman–Crippen MR) is 76.8 cm³/mol. The molecule has 3 fully saturated rings. The SMILES string of the molecule is CCC1(C(=O)N(C)CC2CC3CCC2C3)CCNC1. The Bertz CT molecular complexity index is 349. The molecule has 4 atom stereocenters. The van der Waals surface area contributed by atoms with Crippen molar-refractivity contribution in [1.29, 1.82) is 0 Å². The largest absolute Gasteiger partial charge is 0.345 e. The van der Waals surface area contributed by atoms with Crippen molar-refractivity contribution in [2.75, 3.05) is 26.7 Å². The van der Waals surface area contributed by atoms with Crippen LogP contribution in [0.1, 0.15) is 45.4 Å². The second-order valence-corrected chi connectivity index (χ2v) is 7.18. The van der Waals surface area contributed by atoms with Crippen LogP contribution in [0.25, 0.3) is 0 Å². The van der Waals surface area contributed by atoms with Crippen LogP contribution >= 0.6 is 0 Å². The molecule has 0 aromatic rings. The minimum Gasteiger partial charge on any atom is -0.345 e. The Hall–Kier alpha value is -0.570. The van der Waals surface area contributed by atoms with Crippen LogP contribution in [0, 0.1) is 23.2 Å². The normalized spacial score (nSPS) is 40.8. The number of hydrogen-bond donors (Lipinski definition) is 1. The monoisotopic (exact) mass is 264 g/mol. The van der Waals surface area contributed by atoms with Crippen molar-refractivity contribution in [3.05, 3.63) is 0 Å². The van der Waals surface area contributed by atoms with Gasteiger partial charge >= 0.3 is 0 Å². The van der Waals surface area contributed by atoms with Gasteiger partial charge in [0, 0.05) is 20.1 Å².